The Morgan fingerprint density at radius 3 is 2.55 bits per heavy atom. The standard InChI is InChI=1S/C16H21N5O/c1-22-14-15(20-17)18-11-19-16(14)21-9-7-13(8-10-21)12-5-3-2-4-6-12/h2-6,11,13H,7-10,17H2,1H3,(H,18,19,20). The minimum atomic E-state index is 0.512. The molecule has 2 heterocycles. The zero-order valence-electron chi connectivity index (χ0n) is 12.7. The monoisotopic (exact) mass is 299 g/mol. The van der Waals surface area contributed by atoms with Crippen molar-refractivity contribution in [2.24, 2.45) is 5.84 Å². The topological polar surface area (TPSA) is 76.3 Å². The first kappa shape index (κ1) is 14.6. The van der Waals surface area contributed by atoms with Gasteiger partial charge in [-0.3, -0.25) is 0 Å². The first-order valence-electron chi connectivity index (χ1n) is 7.49. The average Bonchev–Trinajstić information content (AvgIpc) is 2.62. The molecule has 0 atom stereocenters. The minimum absolute atomic E-state index is 0.512. The van der Waals surface area contributed by atoms with Crippen LogP contribution in [0.1, 0.15) is 24.3 Å². The number of piperidine rings is 1. The Labute approximate surface area is 130 Å². The van der Waals surface area contributed by atoms with Gasteiger partial charge in [-0.2, -0.15) is 0 Å². The fourth-order valence-corrected chi connectivity index (χ4v) is 3.03. The largest absolute Gasteiger partial charge is 0.490 e. The van der Waals surface area contributed by atoms with Gasteiger partial charge in [0, 0.05) is 13.1 Å². The zero-order valence-corrected chi connectivity index (χ0v) is 12.7. The highest BCUT2D eigenvalue weighted by Crippen LogP contribution is 2.35. The third kappa shape index (κ3) is 2.82. The molecule has 0 spiro atoms. The van der Waals surface area contributed by atoms with Gasteiger partial charge in [-0.05, 0) is 24.3 Å². The van der Waals surface area contributed by atoms with Gasteiger partial charge >= 0.3 is 0 Å². The van der Waals surface area contributed by atoms with Crippen molar-refractivity contribution in [3.8, 4) is 5.75 Å². The van der Waals surface area contributed by atoms with E-state index in [1.54, 1.807) is 7.11 Å². The van der Waals surface area contributed by atoms with Gasteiger partial charge in [-0.25, -0.2) is 15.8 Å². The van der Waals surface area contributed by atoms with Crippen molar-refractivity contribution in [2.45, 2.75) is 18.8 Å². The molecule has 22 heavy (non-hydrogen) atoms. The average molecular weight is 299 g/mol. The number of hydrogen-bond donors (Lipinski definition) is 2. The van der Waals surface area contributed by atoms with Gasteiger partial charge in [0.25, 0.3) is 0 Å². The van der Waals surface area contributed by atoms with Gasteiger partial charge in [0.2, 0.25) is 5.75 Å². The maximum absolute atomic E-state index is 5.48. The van der Waals surface area contributed by atoms with Crippen LogP contribution in [0.25, 0.3) is 0 Å². The van der Waals surface area contributed by atoms with Crippen LogP contribution in [0.2, 0.25) is 0 Å². The summed E-state index contributed by atoms with van der Waals surface area (Å²) in [6.07, 6.45) is 3.71. The van der Waals surface area contributed by atoms with E-state index >= 15 is 0 Å². The van der Waals surface area contributed by atoms with E-state index in [4.69, 9.17) is 10.6 Å². The zero-order chi connectivity index (χ0) is 15.4. The number of nitrogens with one attached hydrogen (secondary N) is 1. The van der Waals surface area contributed by atoms with E-state index in [0.29, 0.717) is 17.5 Å². The number of rotatable bonds is 4. The predicted octanol–water partition coefficient (Wildman–Crippen LogP) is 2.15. The van der Waals surface area contributed by atoms with Crippen LogP contribution in [-0.4, -0.2) is 30.2 Å². The number of methoxy groups -OCH3 is 1. The Hall–Kier alpha value is -2.34. The van der Waals surface area contributed by atoms with Gasteiger partial charge in [0.15, 0.2) is 11.6 Å². The summed E-state index contributed by atoms with van der Waals surface area (Å²) in [7, 11) is 1.61. The number of nitrogen functional groups attached to an aromatic ring is 1. The maximum Gasteiger partial charge on any atom is 0.205 e. The number of benzene rings is 1. The summed E-state index contributed by atoms with van der Waals surface area (Å²) in [6, 6.07) is 10.7. The number of aromatic nitrogens is 2. The second-order valence-corrected chi connectivity index (χ2v) is 5.40. The molecule has 3 rings (SSSR count). The van der Waals surface area contributed by atoms with Gasteiger partial charge in [-0.15, -0.1) is 0 Å². The van der Waals surface area contributed by atoms with Crippen LogP contribution in [0.4, 0.5) is 11.6 Å². The lowest BCUT2D eigenvalue weighted by molar-refractivity contribution is 0.408. The van der Waals surface area contributed by atoms with Gasteiger partial charge in [0.05, 0.1) is 7.11 Å². The van der Waals surface area contributed by atoms with Crippen LogP contribution in [0.15, 0.2) is 36.7 Å². The molecule has 1 fully saturated rings. The SMILES string of the molecule is COc1c(NN)ncnc1N1CCC(c2ccccc2)CC1. The fraction of sp³-hybridized carbons (Fsp3) is 0.375. The fourth-order valence-electron chi connectivity index (χ4n) is 3.03. The van der Waals surface area contributed by atoms with Crippen LogP contribution >= 0.6 is 0 Å². The molecule has 1 aliphatic rings. The first-order chi connectivity index (χ1) is 10.8. The van der Waals surface area contributed by atoms with Gasteiger partial charge in [0.1, 0.15) is 6.33 Å². The minimum Gasteiger partial charge on any atom is -0.490 e. The van der Waals surface area contributed by atoms with E-state index in [0.717, 1.165) is 31.7 Å². The molecule has 1 aliphatic heterocycles. The second-order valence-electron chi connectivity index (χ2n) is 5.40. The molecule has 2 aromatic rings. The van der Waals surface area contributed by atoms with Crippen LogP contribution in [0, 0.1) is 0 Å². The van der Waals surface area contributed by atoms with Crippen molar-refractivity contribution in [1.29, 1.82) is 0 Å². The lowest BCUT2D eigenvalue weighted by atomic mass is 9.89. The van der Waals surface area contributed by atoms with Crippen LogP contribution in [0.3, 0.4) is 0 Å². The summed E-state index contributed by atoms with van der Waals surface area (Å²) in [5.41, 5.74) is 3.98. The Bertz CT molecular complexity index is 611. The second kappa shape index (κ2) is 6.62. The molecule has 6 nitrogen and oxygen atoms in total. The van der Waals surface area contributed by atoms with Crippen molar-refractivity contribution >= 4 is 11.6 Å². The highest BCUT2D eigenvalue weighted by atomic mass is 16.5. The molecule has 1 aromatic carbocycles. The van der Waals surface area contributed by atoms with Crippen LogP contribution < -0.4 is 20.9 Å². The van der Waals surface area contributed by atoms with Crippen molar-refractivity contribution in [2.75, 3.05) is 30.5 Å². The number of nitrogens with two attached hydrogens (primary N) is 1. The Morgan fingerprint density at radius 2 is 1.91 bits per heavy atom. The van der Waals surface area contributed by atoms with Crippen LogP contribution in [-0.2, 0) is 0 Å². The molecule has 0 aliphatic carbocycles. The molecule has 1 saturated heterocycles. The molecule has 0 bridgehead atoms. The Balaban J connectivity index is 1.74. The quantitative estimate of drug-likeness (QED) is 0.665. The molecule has 0 radical (unpaired) electrons. The van der Waals surface area contributed by atoms with Crippen molar-refractivity contribution in [1.82, 2.24) is 9.97 Å². The summed E-state index contributed by atoms with van der Waals surface area (Å²) in [5.74, 6) is 8.01. The third-order valence-corrected chi connectivity index (χ3v) is 4.19. The molecule has 0 amide bonds. The lowest BCUT2D eigenvalue weighted by Gasteiger charge is -2.33. The van der Waals surface area contributed by atoms with E-state index < -0.39 is 0 Å². The molecule has 0 unspecified atom stereocenters. The summed E-state index contributed by atoms with van der Waals surface area (Å²) in [6.45, 7) is 1.88. The van der Waals surface area contributed by atoms with E-state index in [2.05, 4.69) is 50.6 Å². The van der Waals surface area contributed by atoms with Crippen molar-refractivity contribution in [3.63, 3.8) is 0 Å². The predicted molar refractivity (Wildman–Crippen MR) is 87.0 cm³/mol. The third-order valence-electron chi connectivity index (χ3n) is 4.19. The first-order valence-corrected chi connectivity index (χ1v) is 7.49. The van der Waals surface area contributed by atoms with E-state index in [1.165, 1.54) is 11.9 Å². The molecule has 6 heteroatoms. The highest BCUT2D eigenvalue weighted by Gasteiger charge is 2.24. The molecular weight excluding hydrogens is 278 g/mol. The number of hydrazine groups is 1. The number of hydrogen-bond acceptors (Lipinski definition) is 6. The molecule has 116 valence electrons. The van der Waals surface area contributed by atoms with E-state index in [1.807, 2.05) is 0 Å². The van der Waals surface area contributed by atoms with Gasteiger partial charge in [-0.1, -0.05) is 30.3 Å². The Morgan fingerprint density at radius 1 is 1.18 bits per heavy atom. The van der Waals surface area contributed by atoms with E-state index in [9.17, 15) is 0 Å². The summed E-state index contributed by atoms with van der Waals surface area (Å²) in [4.78, 5) is 10.7. The number of ether oxygens (including phenoxy) is 1. The smallest absolute Gasteiger partial charge is 0.205 e. The van der Waals surface area contributed by atoms with Crippen molar-refractivity contribution < 1.29 is 4.74 Å². The summed E-state index contributed by atoms with van der Waals surface area (Å²) in [5, 5.41) is 0. The maximum atomic E-state index is 5.48. The molecule has 3 N–H and O–H groups in total. The molecular formula is C16H21N5O. The van der Waals surface area contributed by atoms with E-state index in [-0.39, 0.29) is 0 Å². The lowest BCUT2D eigenvalue weighted by Crippen LogP contribution is -2.34. The highest BCUT2D eigenvalue weighted by molar-refractivity contribution is 5.64. The summed E-state index contributed by atoms with van der Waals surface area (Å²) < 4.78 is 5.42. The molecule has 1 aromatic heterocycles. The number of anilines is 2. The van der Waals surface area contributed by atoms with Gasteiger partial charge < -0.3 is 15.1 Å². The summed E-state index contributed by atoms with van der Waals surface area (Å²) >= 11 is 0. The Kier molecular flexibility index (Phi) is 4.39. The normalized spacial score (nSPS) is 15.6. The van der Waals surface area contributed by atoms with Crippen molar-refractivity contribution in [3.05, 3.63) is 42.2 Å². The molecule has 0 saturated carbocycles. The number of nitrogens with zero attached hydrogens (tertiary/aromatic N) is 3. The van der Waals surface area contributed by atoms with Crippen LogP contribution in [0.5, 0.6) is 5.75 Å².